The van der Waals surface area contributed by atoms with E-state index in [1.807, 2.05) is 12.1 Å². The highest BCUT2D eigenvalue weighted by molar-refractivity contribution is 6.30. The smallest absolute Gasteiger partial charge is 0.120 e. The molecule has 1 atom stereocenters. The summed E-state index contributed by atoms with van der Waals surface area (Å²) in [6.45, 7) is 0.880. The molecule has 2 rings (SSSR count). The Labute approximate surface area is 100 Å². The first kappa shape index (κ1) is 11.7. The number of aliphatic hydroxyl groups excluding tert-OH is 1. The molecule has 0 aromatic heterocycles. The monoisotopic (exact) mass is 241 g/mol. The van der Waals surface area contributed by atoms with E-state index in [0.29, 0.717) is 30.0 Å². The van der Waals surface area contributed by atoms with E-state index in [0.717, 1.165) is 0 Å². The number of aliphatic hydroxyl groups is 1. The molecule has 0 bridgehead atoms. The van der Waals surface area contributed by atoms with Crippen LogP contribution in [-0.2, 0) is 0 Å². The van der Waals surface area contributed by atoms with Gasteiger partial charge in [-0.25, -0.2) is 0 Å². The van der Waals surface area contributed by atoms with Gasteiger partial charge in [0.25, 0.3) is 0 Å². The summed E-state index contributed by atoms with van der Waals surface area (Å²) in [5.41, 5.74) is 0. The van der Waals surface area contributed by atoms with Gasteiger partial charge in [0.05, 0.1) is 0 Å². The maximum atomic E-state index is 9.64. The van der Waals surface area contributed by atoms with Crippen molar-refractivity contribution < 1.29 is 9.84 Å². The van der Waals surface area contributed by atoms with Crippen LogP contribution in [-0.4, -0.2) is 30.4 Å². The first-order valence-corrected chi connectivity index (χ1v) is 5.91. The molecule has 1 saturated carbocycles. The molecular formula is C12H16ClNO2. The van der Waals surface area contributed by atoms with Crippen molar-refractivity contribution >= 4 is 11.6 Å². The molecule has 4 heteroatoms. The van der Waals surface area contributed by atoms with Crippen LogP contribution in [0.2, 0.25) is 5.02 Å². The maximum absolute atomic E-state index is 9.64. The Hall–Kier alpha value is -0.770. The zero-order valence-electron chi connectivity index (χ0n) is 9.03. The molecule has 1 aromatic rings. The van der Waals surface area contributed by atoms with Crippen LogP contribution in [0.15, 0.2) is 24.3 Å². The van der Waals surface area contributed by atoms with Crippen LogP contribution >= 0.6 is 11.6 Å². The van der Waals surface area contributed by atoms with E-state index in [4.69, 9.17) is 16.3 Å². The highest BCUT2D eigenvalue weighted by atomic mass is 35.5. The van der Waals surface area contributed by atoms with Crippen LogP contribution in [0, 0.1) is 0 Å². The molecule has 1 fully saturated rings. The third-order valence-electron chi connectivity index (χ3n) is 2.46. The molecule has 1 aliphatic rings. The SMILES string of the molecule is OC(CNC1CC1)COc1cccc(Cl)c1. The number of ether oxygens (including phenoxy) is 1. The highest BCUT2D eigenvalue weighted by Crippen LogP contribution is 2.19. The predicted molar refractivity (Wildman–Crippen MR) is 64.0 cm³/mol. The molecular weight excluding hydrogens is 226 g/mol. The van der Waals surface area contributed by atoms with Crippen LogP contribution in [0.4, 0.5) is 0 Å². The van der Waals surface area contributed by atoms with Gasteiger partial charge in [-0.2, -0.15) is 0 Å². The molecule has 3 nitrogen and oxygen atoms in total. The molecule has 0 spiro atoms. The van der Waals surface area contributed by atoms with Gasteiger partial charge in [0.1, 0.15) is 18.5 Å². The normalized spacial score (nSPS) is 17.1. The second-order valence-electron chi connectivity index (χ2n) is 4.10. The Morgan fingerprint density at radius 1 is 1.50 bits per heavy atom. The molecule has 16 heavy (non-hydrogen) atoms. The molecule has 0 radical (unpaired) electrons. The summed E-state index contributed by atoms with van der Waals surface area (Å²) >= 11 is 5.82. The second kappa shape index (κ2) is 5.53. The van der Waals surface area contributed by atoms with E-state index in [1.54, 1.807) is 12.1 Å². The van der Waals surface area contributed by atoms with Gasteiger partial charge in [0.2, 0.25) is 0 Å². The largest absolute Gasteiger partial charge is 0.491 e. The molecule has 0 saturated heterocycles. The fraction of sp³-hybridized carbons (Fsp3) is 0.500. The van der Waals surface area contributed by atoms with E-state index in [2.05, 4.69) is 5.32 Å². The lowest BCUT2D eigenvalue weighted by atomic mass is 10.3. The van der Waals surface area contributed by atoms with Crippen LogP contribution in [0.25, 0.3) is 0 Å². The van der Waals surface area contributed by atoms with Gasteiger partial charge < -0.3 is 15.2 Å². The first-order valence-electron chi connectivity index (χ1n) is 5.54. The maximum Gasteiger partial charge on any atom is 0.120 e. The van der Waals surface area contributed by atoms with E-state index >= 15 is 0 Å². The Balaban J connectivity index is 1.69. The Morgan fingerprint density at radius 3 is 3.00 bits per heavy atom. The summed E-state index contributed by atoms with van der Waals surface area (Å²) in [6.07, 6.45) is 1.98. The Morgan fingerprint density at radius 2 is 2.31 bits per heavy atom. The molecule has 88 valence electrons. The van der Waals surface area contributed by atoms with E-state index in [9.17, 15) is 5.11 Å². The van der Waals surface area contributed by atoms with Crippen molar-refractivity contribution in [2.24, 2.45) is 0 Å². The predicted octanol–water partition coefficient (Wildman–Crippen LogP) is 1.83. The van der Waals surface area contributed by atoms with Crippen LogP contribution in [0.5, 0.6) is 5.75 Å². The first-order chi connectivity index (χ1) is 7.74. The fourth-order valence-corrected chi connectivity index (χ4v) is 1.58. The van der Waals surface area contributed by atoms with E-state index in [-0.39, 0.29) is 0 Å². The van der Waals surface area contributed by atoms with Crippen LogP contribution in [0.3, 0.4) is 0 Å². The minimum atomic E-state index is -0.473. The van der Waals surface area contributed by atoms with Gasteiger partial charge in [-0.15, -0.1) is 0 Å². The topological polar surface area (TPSA) is 41.5 Å². The Bertz CT molecular complexity index is 342. The standard InChI is InChI=1S/C12H16ClNO2/c13-9-2-1-3-12(6-9)16-8-11(15)7-14-10-4-5-10/h1-3,6,10-11,14-15H,4-5,7-8H2. The number of benzene rings is 1. The number of halogens is 1. The number of rotatable bonds is 6. The van der Waals surface area contributed by atoms with Crippen LogP contribution in [0.1, 0.15) is 12.8 Å². The van der Waals surface area contributed by atoms with Gasteiger partial charge >= 0.3 is 0 Å². The quantitative estimate of drug-likeness (QED) is 0.799. The number of hydrogen-bond acceptors (Lipinski definition) is 3. The van der Waals surface area contributed by atoms with Crippen LogP contribution < -0.4 is 10.1 Å². The lowest BCUT2D eigenvalue weighted by Crippen LogP contribution is -2.32. The molecule has 0 amide bonds. The van der Waals surface area contributed by atoms with Gasteiger partial charge in [-0.3, -0.25) is 0 Å². The molecule has 1 aliphatic carbocycles. The summed E-state index contributed by atoms with van der Waals surface area (Å²) < 4.78 is 5.43. The van der Waals surface area contributed by atoms with Gasteiger partial charge in [-0.05, 0) is 31.0 Å². The van der Waals surface area contributed by atoms with Crippen molar-refractivity contribution in [3.63, 3.8) is 0 Å². The van der Waals surface area contributed by atoms with Crippen molar-refractivity contribution in [1.82, 2.24) is 5.32 Å². The van der Waals surface area contributed by atoms with Gasteiger partial charge in [0, 0.05) is 17.6 Å². The summed E-state index contributed by atoms with van der Waals surface area (Å²) in [6, 6.07) is 7.79. The second-order valence-corrected chi connectivity index (χ2v) is 4.54. The van der Waals surface area contributed by atoms with Crippen molar-refractivity contribution in [2.45, 2.75) is 25.0 Å². The third-order valence-corrected chi connectivity index (χ3v) is 2.69. The van der Waals surface area contributed by atoms with Crippen molar-refractivity contribution in [3.05, 3.63) is 29.3 Å². The van der Waals surface area contributed by atoms with Crippen molar-refractivity contribution in [3.8, 4) is 5.75 Å². The molecule has 1 unspecified atom stereocenters. The lowest BCUT2D eigenvalue weighted by Gasteiger charge is -2.13. The molecule has 1 aromatic carbocycles. The molecule has 2 N–H and O–H groups in total. The Kier molecular flexibility index (Phi) is 4.04. The summed E-state index contributed by atoms with van der Waals surface area (Å²) in [5, 5.41) is 13.5. The zero-order chi connectivity index (χ0) is 11.4. The molecule has 0 aliphatic heterocycles. The van der Waals surface area contributed by atoms with Crippen molar-refractivity contribution in [1.29, 1.82) is 0 Å². The van der Waals surface area contributed by atoms with Crippen molar-refractivity contribution in [2.75, 3.05) is 13.2 Å². The zero-order valence-corrected chi connectivity index (χ0v) is 9.78. The van der Waals surface area contributed by atoms with E-state index < -0.39 is 6.10 Å². The third kappa shape index (κ3) is 4.00. The molecule has 0 heterocycles. The number of nitrogens with one attached hydrogen (secondary N) is 1. The average molecular weight is 242 g/mol. The highest BCUT2D eigenvalue weighted by Gasteiger charge is 2.21. The van der Waals surface area contributed by atoms with E-state index in [1.165, 1.54) is 12.8 Å². The van der Waals surface area contributed by atoms with Gasteiger partial charge in [-0.1, -0.05) is 17.7 Å². The lowest BCUT2D eigenvalue weighted by molar-refractivity contribution is 0.106. The number of hydrogen-bond donors (Lipinski definition) is 2. The fourth-order valence-electron chi connectivity index (χ4n) is 1.40. The average Bonchev–Trinajstić information content (AvgIpc) is 3.07. The summed E-state index contributed by atoms with van der Waals surface area (Å²) in [7, 11) is 0. The summed E-state index contributed by atoms with van der Waals surface area (Å²) in [4.78, 5) is 0. The summed E-state index contributed by atoms with van der Waals surface area (Å²) in [5.74, 6) is 0.693. The minimum Gasteiger partial charge on any atom is -0.491 e. The minimum absolute atomic E-state index is 0.292. The van der Waals surface area contributed by atoms with Gasteiger partial charge in [0.15, 0.2) is 0 Å².